The molecule has 0 amide bonds. The Morgan fingerprint density at radius 2 is 0.857 bits per heavy atom. The van der Waals surface area contributed by atoms with E-state index < -0.39 is 34.4 Å². The van der Waals surface area contributed by atoms with Gasteiger partial charge in [0.2, 0.25) is 0 Å². The lowest BCUT2D eigenvalue weighted by molar-refractivity contribution is 0.423. The molecule has 0 nitrogen and oxygen atoms in total. The normalized spacial score (nSPS) is 9.43. The van der Waals surface area contributed by atoms with Crippen molar-refractivity contribution < 1.29 is 17.6 Å². The average Bonchev–Trinajstić information content (AvgIpc) is 2.24. The summed E-state index contributed by atoms with van der Waals surface area (Å²) >= 11 is 0. The van der Waals surface area contributed by atoms with E-state index in [1.54, 1.807) is 0 Å². The highest BCUT2D eigenvalue weighted by atomic mass is 19.2. The van der Waals surface area contributed by atoms with Crippen LogP contribution in [0.5, 0.6) is 0 Å². The van der Waals surface area contributed by atoms with E-state index in [-0.39, 0.29) is 0 Å². The van der Waals surface area contributed by atoms with Crippen LogP contribution in [0.3, 0.4) is 0 Å². The number of hydrogen-bond acceptors (Lipinski definition) is 0. The minimum Gasteiger partial charge on any atom is -0.206 e. The molecule has 0 spiro atoms. The predicted molar refractivity (Wildman–Crippen MR) is 47.1 cm³/mol. The number of halogens is 4. The van der Waals surface area contributed by atoms with E-state index in [2.05, 4.69) is 0 Å². The zero-order valence-electron chi connectivity index (χ0n) is 8.51. The molecule has 1 aromatic carbocycles. The fraction of sp³-hybridized carbons (Fsp3) is 0.400. The first-order chi connectivity index (χ1) is 6.46. The molecular formula is C10H12F4. The second-order valence-corrected chi connectivity index (χ2v) is 2.51. The molecule has 0 bridgehead atoms. The van der Waals surface area contributed by atoms with Crippen LogP contribution in [0.2, 0.25) is 0 Å². The third kappa shape index (κ3) is 2.05. The largest absolute Gasteiger partial charge is 0.206 e. The molecular weight excluding hydrogens is 196 g/mol. The van der Waals surface area contributed by atoms with Crippen LogP contribution in [0.25, 0.3) is 0 Å². The molecule has 0 aliphatic carbocycles. The van der Waals surface area contributed by atoms with Crippen molar-refractivity contribution in [1.82, 2.24) is 0 Å². The number of benzene rings is 1. The molecule has 0 aliphatic rings. The average molecular weight is 208 g/mol. The summed E-state index contributed by atoms with van der Waals surface area (Å²) in [5, 5.41) is 0. The summed E-state index contributed by atoms with van der Waals surface area (Å²) in [5.41, 5.74) is -0.988. The molecule has 0 fully saturated rings. The van der Waals surface area contributed by atoms with E-state index in [9.17, 15) is 17.6 Å². The highest BCUT2D eigenvalue weighted by Gasteiger charge is 2.19. The Labute approximate surface area is 80.6 Å². The van der Waals surface area contributed by atoms with Crippen molar-refractivity contribution in [2.45, 2.75) is 27.7 Å². The molecule has 0 N–H and O–H groups in total. The fourth-order valence-electron chi connectivity index (χ4n) is 0.900. The molecule has 0 saturated carbocycles. The van der Waals surface area contributed by atoms with Gasteiger partial charge in [0.05, 0.1) is 0 Å². The van der Waals surface area contributed by atoms with Gasteiger partial charge in [-0.05, 0) is 13.8 Å². The Kier molecular flexibility index (Phi) is 4.60. The lowest BCUT2D eigenvalue weighted by atomic mass is 10.1. The summed E-state index contributed by atoms with van der Waals surface area (Å²) in [6, 6.07) is 0. The van der Waals surface area contributed by atoms with Crippen molar-refractivity contribution in [2.24, 2.45) is 0 Å². The lowest BCUT2D eigenvalue weighted by Crippen LogP contribution is -2.02. The van der Waals surface area contributed by atoms with Crippen molar-refractivity contribution in [2.75, 3.05) is 0 Å². The topological polar surface area (TPSA) is 0 Å². The molecule has 0 heterocycles. The molecule has 80 valence electrons. The highest BCUT2D eigenvalue weighted by Crippen LogP contribution is 2.22. The Balaban J connectivity index is 0.000000791. The van der Waals surface area contributed by atoms with E-state index in [4.69, 9.17) is 0 Å². The minimum absolute atomic E-state index is 0.494. The van der Waals surface area contributed by atoms with Crippen LogP contribution in [0.15, 0.2) is 0 Å². The third-order valence-corrected chi connectivity index (χ3v) is 1.70. The molecule has 0 aromatic heterocycles. The Hall–Kier alpha value is -1.06. The van der Waals surface area contributed by atoms with E-state index in [1.165, 1.54) is 0 Å². The molecule has 0 atom stereocenters. The van der Waals surface area contributed by atoms with E-state index in [1.807, 2.05) is 13.8 Å². The number of hydrogen-bond donors (Lipinski definition) is 0. The van der Waals surface area contributed by atoms with Crippen LogP contribution < -0.4 is 0 Å². The van der Waals surface area contributed by atoms with Gasteiger partial charge in [-0.3, -0.25) is 0 Å². The van der Waals surface area contributed by atoms with Crippen LogP contribution in [0.1, 0.15) is 25.0 Å². The van der Waals surface area contributed by atoms with E-state index in [0.29, 0.717) is 0 Å². The van der Waals surface area contributed by atoms with Crippen LogP contribution >= 0.6 is 0 Å². The van der Waals surface area contributed by atoms with Crippen LogP contribution in [-0.2, 0) is 0 Å². The smallest absolute Gasteiger partial charge is 0.195 e. The monoisotopic (exact) mass is 208 g/mol. The summed E-state index contributed by atoms with van der Waals surface area (Å²) in [7, 11) is 0. The van der Waals surface area contributed by atoms with Crippen LogP contribution in [0.4, 0.5) is 17.6 Å². The number of rotatable bonds is 0. The van der Waals surface area contributed by atoms with Gasteiger partial charge >= 0.3 is 0 Å². The molecule has 1 rings (SSSR count). The molecule has 1 aromatic rings. The Morgan fingerprint density at radius 3 is 1.14 bits per heavy atom. The summed E-state index contributed by atoms with van der Waals surface area (Å²) in [5.74, 6) is -5.58. The van der Waals surface area contributed by atoms with Crippen molar-refractivity contribution >= 4 is 0 Å². The first-order valence-corrected chi connectivity index (χ1v) is 4.26. The molecule has 0 radical (unpaired) electrons. The standard InChI is InChI=1S/C8H6F4.C2H6/c1-3-5(9)4(2)7(11)8(12)6(3)10;1-2/h1-2H3;1-2H3. The molecule has 4 heteroatoms. The van der Waals surface area contributed by atoms with Gasteiger partial charge in [-0.1, -0.05) is 13.8 Å². The lowest BCUT2D eigenvalue weighted by Gasteiger charge is -2.04. The quantitative estimate of drug-likeness (QED) is 0.344. The molecule has 0 unspecified atom stereocenters. The molecule has 0 saturated heterocycles. The highest BCUT2D eigenvalue weighted by molar-refractivity contribution is 5.28. The van der Waals surface area contributed by atoms with Gasteiger partial charge in [-0.25, -0.2) is 17.6 Å². The summed E-state index contributed by atoms with van der Waals surface area (Å²) in [4.78, 5) is 0. The van der Waals surface area contributed by atoms with Gasteiger partial charge in [-0.2, -0.15) is 0 Å². The predicted octanol–water partition coefficient (Wildman–Crippen LogP) is 3.89. The Bertz CT molecular complexity index is 226. The van der Waals surface area contributed by atoms with E-state index in [0.717, 1.165) is 13.8 Å². The summed E-state index contributed by atoms with van der Waals surface area (Å²) in [6.45, 7) is 6.11. The maximum absolute atomic E-state index is 12.8. The first-order valence-electron chi connectivity index (χ1n) is 4.26. The van der Waals surface area contributed by atoms with Crippen LogP contribution in [-0.4, -0.2) is 0 Å². The van der Waals surface area contributed by atoms with Gasteiger partial charge in [-0.15, -0.1) is 0 Å². The Morgan fingerprint density at radius 1 is 0.571 bits per heavy atom. The summed E-state index contributed by atoms with van der Waals surface area (Å²) in [6.07, 6.45) is 0. The van der Waals surface area contributed by atoms with Gasteiger partial charge in [0.15, 0.2) is 17.5 Å². The molecule has 0 aliphatic heterocycles. The van der Waals surface area contributed by atoms with Gasteiger partial charge in [0.1, 0.15) is 5.82 Å². The second-order valence-electron chi connectivity index (χ2n) is 2.51. The van der Waals surface area contributed by atoms with E-state index >= 15 is 0 Å². The summed E-state index contributed by atoms with van der Waals surface area (Å²) < 4.78 is 50.5. The SMILES string of the molecule is CC.Cc1c(F)c(C)c(F)c(F)c1F. The van der Waals surface area contributed by atoms with Gasteiger partial charge < -0.3 is 0 Å². The molecule has 14 heavy (non-hydrogen) atoms. The van der Waals surface area contributed by atoms with Crippen molar-refractivity contribution in [3.05, 3.63) is 34.4 Å². The van der Waals surface area contributed by atoms with Gasteiger partial charge in [0, 0.05) is 11.1 Å². The van der Waals surface area contributed by atoms with Gasteiger partial charge in [0.25, 0.3) is 0 Å². The van der Waals surface area contributed by atoms with Crippen molar-refractivity contribution in [1.29, 1.82) is 0 Å². The zero-order chi connectivity index (χ0) is 11.5. The fourth-order valence-corrected chi connectivity index (χ4v) is 0.900. The maximum atomic E-state index is 12.8. The van der Waals surface area contributed by atoms with Crippen molar-refractivity contribution in [3.8, 4) is 0 Å². The minimum atomic E-state index is -1.62. The van der Waals surface area contributed by atoms with Crippen molar-refractivity contribution in [3.63, 3.8) is 0 Å². The van der Waals surface area contributed by atoms with Crippen LogP contribution in [0, 0.1) is 37.1 Å². The zero-order valence-corrected chi connectivity index (χ0v) is 8.51. The maximum Gasteiger partial charge on any atom is 0.195 e. The second kappa shape index (κ2) is 4.98. The first kappa shape index (κ1) is 12.9. The third-order valence-electron chi connectivity index (χ3n) is 1.70.